The molecule has 0 atom stereocenters. The lowest BCUT2D eigenvalue weighted by molar-refractivity contribution is -0.152. The van der Waals surface area contributed by atoms with Gasteiger partial charge in [-0.15, -0.1) is 0 Å². The molecule has 0 unspecified atom stereocenters. The summed E-state index contributed by atoms with van der Waals surface area (Å²) in [5.74, 6) is 0.902. The van der Waals surface area contributed by atoms with Gasteiger partial charge in [0.15, 0.2) is 0 Å². The highest BCUT2D eigenvalue weighted by Gasteiger charge is 2.30. The van der Waals surface area contributed by atoms with Gasteiger partial charge in [0.05, 0.1) is 12.5 Å². The van der Waals surface area contributed by atoms with E-state index in [9.17, 15) is 4.79 Å². The predicted octanol–water partition coefficient (Wildman–Crippen LogP) is 4.15. The second-order valence-electron chi connectivity index (χ2n) is 5.50. The van der Waals surface area contributed by atoms with Crippen molar-refractivity contribution >= 4 is 21.9 Å². The number of carbonyl (C=O) groups is 1. The van der Waals surface area contributed by atoms with Gasteiger partial charge in [-0.3, -0.25) is 4.79 Å². The molecule has 0 aliphatic carbocycles. The van der Waals surface area contributed by atoms with Crippen molar-refractivity contribution in [1.29, 1.82) is 0 Å². The van der Waals surface area contributed by atoms with E-state index in [2.05, 4.69) is 29.8 Å². The van der Waals surface area contributed by atoms with E-state index in [-0.39, 0.29) is 5.97 Å². The van der Waals surface area contributed by atoms with Crippen LogP contribution in [-0.4, -0.2) is 19.7 Å². The summed E-state index contributed by atoms with van der Waals surface area (Å²) < 4.78 is 11.6. The van der Waals surface area contributed by atoms with E-state index in [1.165, 1.54) is 7.11 Å². The SMILES string of the molecule is COC(=O)C(C)(C)COc1ccc(Br)cc1C(C)C. The molecule has 106 valence electrons. The van der Waals surface area contributed by atoms with E-state index in [0.717, 1.165) is 15.8 Å². The van der Waals surface area contributed by atoms with Crippen LogP contribution in [0.25, 0.3) is 0 Å². The van der Waals surface area contributed by atoms with E-state index in [4.69, 9.17) is 9.47 Å². The van der Waals surface area contributed by atoms with E-state index < -0.39 is 5.41 Å². The molecule has 0 aromatic heterocycles. The topological polar surface area (TPSA) is 35.5 Å². The Morgan fingerprint density at radius 1 is 1.37 bits per heavy atom. The summed E-state index contributed by atoms with van der Waals surface area (Å²) in [6, 6.07) is 5.91. The summed E-state index contributed by atoms with van der Waals surface area (Å²) in [5.41, 5.74) is 0.464. The fraction of sp³-hybridized carbons (Fsp3) is 0.533. The molecule has 0 aliphatic rings. The summed E-state index contributed by atoms with van der Waals surface area (Å²) in [5, 5.41) is 0. The number of hydrogen-bond donors (Lipinski definition) is 0. The largest absolute Gasteiger partial charge is 0.492 e. The monoisotopic (exact) mass is 328 g/mol. The Morgan fingerprint density at radius 2 is 2.00 bits per heavy atom. The molecule has 0 saturated heterocycles. The maximum Gasteiger partial charge on any atom is 0.314 e. The first-order chi connectivity index (χ1) is 8.77. The van der Waals surface area contributed by atoms with E-state index >= 15 is 0 Å². The lowest BCUT2D eigenvalue weighted by Gasteiger charge is -2.23. The third-order valence-corrected chi connectivity index (χ3v) is 3.41. The second-order valence-corrected chi connectivity index (χ2v) is 6.42. The van der Waals surface area contributed by atoms with E-state index in [1.807, 2.05) is 32.0 Å². The number of ether oxygens (including phenoxy) is 2. The molecule has 19 heavy (non-hydrogen) atoms. The number of carbonyl (C=O) groups excluding carboxylic acids is 1. The minimum Gasteiger partial charge on any atom is -0.492 e. The molecule has 0 saturated carbocycles. The van der Waals surface area contributed by atoms with Gasteiger partial charge in [0, 0.05) is 4.47 Å². The lowest BCUT2D eigenvalue weighted by Crippen LogP contribution is -2.32. The Morgan fingerprint density at radius 3 is 2.53 bits per heavy atom. The van der Waals surface area contributed by atoms with Gasteiger partial charge in [-0.1, -0.05) is 29.8 Å². The average Bonchev–Trinajstić information content (AvgIpc) is 2.36. The molecule has 0 aliphatic heterocycles. The number of esters is 1. The molecular formula is C15H21BrO3. The molecule has 0 spiro atoms. The number of halogens is 1. The van der Waals surface area contributed by atoms with Gasteiger partial charge >= 0.3 is 5.97 Å². The molecule has 1 aromatic carbocycles. The van der Waals surface area contributed by atoms with Gasteiger partial charge in [0.25, 0.3) is 0 Å². The Kier molecular flexibility index (Phi) is 5.41. The van der Waals surface area contributed by atoms with Crippen LogP contribution < -0.4 is 4.74 Å². The Labute approximate surface area is 123 Å². The van der Waals surface area contributed by atoms with Gasteiger partial charge in [-0.05, 0) is 43.5 Å². The van der Waals surface area contributed by atoms with Crippen LogP contribution in [0.3, 0.4) is 0 Å². The zero-order valence-corrected chi connectivity index (χ0v) is 13.7. The number of hydrogen-bond acceptors (Lipinski definition) is 3. The molecule has 0 bridgehead atoms. The van der Waals surface area contributed by atoms with Crippen LogP contribution >= 0.6 is 15.9 Å². The van der Waals surface area contributed by atoms with Crippen molar-refractivity contribution < 1.29 is 14.3 Å². The first-order valence-electron chi connectivity index (χ1n) is 6.28. The minimum absolute atomic E-state index is 0.268. The molecule has 0 radical (unpaired) electrons. The maximum absolute atomic E-state index is 11.6. The fourth-order valence-corrected chi connectivity index (χ4v) is 2.07. The predicted molar refractivity (Wildman–Crippen MR) is 79.5 cm³/mol. The summed E-state index contributed by atoms with van der Waals surface area (Å²) in [7, 11) is 1.39. The first-order valence-corrected chi connectivity index (χ1v) is 7.08. The zero-order valence-electron chi connectivity index (χ0n) is 12.1. The first kappa shape index (κ1) is 16.0. The van der Waals surface area contributed by atoms with Crippen LogP contribution in [0.2, 0.25) is 0 Å². The lowest BCUT2D eigenvalue weighted by atomic mass is 9.95. The van der Waals surface area contributed by atoms with E-state index in [1.54, 1.807) is 0 Å². The van der Waals surface area contributed by atoms with Crippen LogP contribution in [0.4, 0.5) is 0 Å². The van der Waals surface area contributed by atoms with Crippen LogP contribution in [0.5, 0.6) is 5.75 Å². The Balaban J connectivity index is 2.86. The third-order valence-electron chi connectivity index (χ3n) is 2.92. The average molecular weight is 329 g/mol. The van der Waals surface area contributed by atoms with Crippen LogP contribution in [0.15, 0.2) is 22.7 Å². The van der Waals surface area contributed by atoms with Crippen molar-refractivity contribution in [2.45, 2.75) is 33.6 Å². The number of benzene rings is 1. The van der Waals surface area contributed by atoms with Crippen molar-refractivity contribution in [3.8, 4) is 5.75 Å². The fourth-order valence-electron chi connectivity index (χ4n) is 1.70. The van der Waals surface area contributed by atoms with Gasteiger partial charge in [0.1, 0.15) is 12.4 Å². The normalized spacial score (nSPS) is 11.5. The summed E-state index contributed by atoms with van der Waals surface area (Å²) in [4.78, 5) is 11.6. The smallest absolute Gasteiger partial charge is 0.314 e. The number of rotatable bonds is 5. The summed E-state index contributed by atoms with van der Waals surface area (Å²) in [6.45, 7) is 8.14. The standard InChI is InChI=1S/C15H21BrO3/c1-10(2)12-8-11(16)6-7-13(12)19-9-15(3,4)14(17)18-5/h6-8,10H,9H2,1-5H3. The number of methoxy groups -OCH3 is 1. The highest BCUT2D eigenvalue weighted by Crippen LogP contribution is 2.31. The van der Waals surface area contributed by atoms with Crippen molar-refractivity contribution in [1.82, 2.24) is 0 Å². The van der Waals surface area contributed by atoms with Gasteiger partial charge in [-0.2, -0.15) is 0 Å². The Bertz CT molecular complexity index is 453. The highest BCUT2D eigenvalue weighted by atomic mass is 79.9. The molecule has 1 rings (SSSR count). The van der Waals surface area contributed by atoms with Crippen molar-refractivity contribution in [3.63, 3.8) is 0 Å². The minimum atomic E-state index is -0.657. The molecule has 0 heterocycles. The molecule has 1 aromatic rings. The van der Waals surface area contributed by atoms with Crippen LogP contribution in [0, 0.1) is 5.41 Å². The maximum atomic E-state index is 11.6. The van der Waals surface area contributed by atoms with Gasteiger partial charge in [-0.25, -0.2) is 0 Å². The van der Waals surface area contributed by atoms with Crippen LogP contribution in [-0.2, 0) is 9.53 Å². The quantitative estimate of drug-likeness (QED) is 0.761. The van der Waals surface area contributed by atoms with Gasteiger partial charge in [0.2, 0.25) is 0 Å². The molecule has 0 N–H and O–H groups in total. The van der Waals surface area contributed by atoms with Crippen molar-refractivity contribution in [2.24, 2.45) is 5.41 Å². The molecular weight excluding hydrogens is 308 g/mol. The molecule has 0 fully saturated rings. The summed E-state index contributed by atoms with van der Waals surface area (Å²) in [6.07, 6.45) is 0. The van der Waals surface area contributed by atoms with E-state index in [0.29, 0.717) is 12.5 Å². The van der Waals surface area contributed by atoms with Crippen molar-refractivity contribution in [2.75, 3.05) is 13.7 Å². The van der Waals surface area contributed by atoms with Crippen molar-refractivity contribution in [3.05, 3.63) is 28.2 Å². The Hall–Kier alpha value is -1.03. The molecule has 0 amide bonds. The third kappa shape index (κ3) is 4.23. The zero-order chi connectivity index (χ0) is 14.6. The van der Waals surface area contributed by atoms with Crippen LogP contribution in [0.1, 0.15) is 39.2 Å². The van der Waals surface area contributed by atoms with Gasteiger partial charge < -0.3 is 9.47 Å². The molecule has 4 heteroatoms. The molecule has 3 nitrogen and oxygen atoms in total. The highest BCUT2D eigenvalue weighted by molar-refractivity contribution is 9.10. The second kappa shape index (κ2) is 6.42. The summed E-state index contributed by atoms with van der Waals surface area (Å²) >= 11 is 3.46.